The van der Waals surface area contributed by atoms with Gasteiger partial charge in [-0.25, -0.2) is 0 Å². The molecule has 0 spiro atoms. The minimum atomic E-state index is 0.171. The fourth-order valence-corrected chi connectivity index (χ4v) is 4.39. The Morgan fingerprint density at radius 2 is 1.73 bits per heavy atom. The van der Waals surface area contributed by atoms with Crippen molar-refractivity contribution in [1.82, 2.24) is 9.80 Å². The predicted octanol–water partition coefficient (Wildman–Crippen LogP) is 4.71. The van der Waals surface area contributed by atoms with E-state index in [0.717, 1.165) is 47.6 Å². The molecule has 1 atom stereocenters. The standard InChI is InChI=1S/C22H25ClN2O/c23-20-6-3-5-19(15-20)17-8-10-18(11-9-17)22(26)25-14-4-7-21(25)16-24-12-1-2-13-24/h3,5-6,8-11,15,21H,1-2,4,7,12-14,16H2. The second-order valence-electron chi connectivity index (χ2n) is 7.39. The molecule has 4 rings (SSSR count). The third-order valence-corrected chi connectivity index (χ3v) is 5.83. The van der Waals surface area contributed by atoms with Crippen molar-refractivity contribution < 1.29 is 4.79 Å². The van der Waals surface area contributed by atoms with Gasteiger partial charge in [0.15, 0.2) is 0 Å². The molecular weight excluding hydrogens is 344 g/mol. The third-order valence-electron chi connectivity index (χ3n) is 5.60. The van der Waals surface area contributed by atoms with Crippen LogP contribution in [-0.4, -0.2) is 47.9 Å². The summed E-state index contributed by atoms with van der Waals surface area (Å²) in [6, 6.07) is 16.1. The Kier molecular flexibility index (Phi) is 5.28. The number of benzene rings is 2. The summed E-state index contributed by atoms with van der Waals surface area (Å²) < 4.78 is 0. The maximum atomic E-state index is 13.0. The maximum Gasteiger partial charge on any atom is 0.254 e. The number of carbonyl (C=O) groups is 1. The van der Waals surface area contributed by atoms with Crippen LogP contribution < -0.4 is 0 Å². The summed E-state index contributed by atoms with van der Waals surface area (Å²) in [6.07, 6.45) is 4.84. The Morgan fingerprint density at radius 1 is 0.962 bits per heavy atom. The fraction of sp³-hybridized carbons (Fsp3) is 0.409. The molecule has 2 fully saturated rings. The van der Waals surface area contributed by atoms with Crippen molar-refractivity contribution in [3.05, 3.63) is 59.1 Å². The van der Waals surface area contributed by atoms with Crippen LogP contribution in [0.3, 0.4) is 0 Å². The monoisotopic (exact) mass is 368 g/mol. The first-order valence-corrected chi connectivity index (χ1v) is 9.98. The molecule has 0 radical (unpaired) electrons. The van der Waals surface area contributed by atoms with E-state index in [1.54, 1.807) is 0 Å². The zero-order valence-electron chi connectivity index (χ0n) is 15.0. The highest BCUT2D eigenvalue weighted by molar-refractivity contribution is 6.30. The van der Waals surface area contributed by atoms with E-state index in [1.807, 2.05) is 48.5 Å². The second kappa shape index (κ2) is 7.81. The van der Waals surface area contributed by atoms with E-state index in [1.165, 1.54) is 25.9 Å². The van der Waals surface area contributed by atoms with Gasteiger partial charge >= 0.3 is 0 Å². The Balaban J connectivity index is 1.47. The zero-order valence-corrected chi connectivity index (χ0v) is 15.8. The van der Waals surface area contributed by atoms with Gasteiger partial charge in [0.1, 0.15) is 0 Å². The number of hydrogen-bond donors (Lipinski definition) is 0. The zero-order chi connectivity index (χ0) is 17.9. The molecule has 2 aromatic rings. The number of nitrogens with zero attached hydrogens (tertiary/aromatic N) is 2. The molecule has 0 aliphatic carbocycles. The van der Waals surface area contributed by atoms with E-state index in [9.17, 15) is 4.79 Å². The van der Waals surface area contributed by atoms with Crippen LogP contribution in [-0.2, 0) is 0 Å². The molecule has 0 bridgehead atoms. The van der Waals surface area contributed by atoms with E-state index < -0.39 is 0 Å². The molecule has 0 aromatic heterocycles. The molecule has 0 saturated carbocycles. The summed E-state index contributed by atoms with van der Waals surface area (Å²) >= 11 is 6.08. The maximum absolute atomic E-state index is 13.0. The van der Waals surface area contributed by atoms with Crippen LogP contribution in [0.4, 0.5) is 0 Å². The topological polar surface area (TPSA) is 23.6 Å². The van der Waals surface area contributed by atoms with Gasteiger partial charge in [0.25, 0.3) is 5.91 Å². The summed E-state index contributed by atoms with van der Waals surface area (Å²) in [7, 11) is 0. The van der Waals surface area contributed by atoms with Crippen molar-refractivity contribution >= 4 is 17.5 Å². The quantitative estimate of drug-likeness (QED) is 0.780. The lowest BCUT2D eigenvalue weighted by Crippen LogP contribution is -2.42. The summed E-state index contributed by atoms with van der Waals surface area (Å²) in [5.41, 5.74) is 2.94. The SMILES string of the molecule is O=C(c1ccc(-c2cccc(Cl)c2)cc1)N1CCCC1CN1CCCC1. The van der Waals surface area contributed by atoms with Gasteiger partial charge in [0, 0.05) is 29.7 Å². The van der Waals surface area contributed by atoms with Gasteiger partial charge in [-0.3, -0.25) is 4.79 Å². The van der Waals surface area contributed by atoms with Crippen LogP contribution in [0.25, 0.3) is 11.1 Å². The first-order valence-electron chi connectivity index (χ1n) is 9.60. The van der Waals surface area contributed by atoms with Gasteiger partial charge in [-0.05, 0) is 74.2 Å². The third kappa shape index (κ3) is 3.79. The Morgan fingerprint density at radius 3 is 2.46 bits per heavy atom. The molecule has 2 aliphatic rings. The van der Waals surface area contributed by atoms with E-state index in [0.29, 0.717) is 6.04 Å². The van der Waals surface area contributed by atoms with Crippen molar-refractivity contribution in [1.29, 1.82) is 0 Å². The van der Waals surface area contributed by atoms with Crippen molar-refractivity contribution in [2.45, 2.75) is 31.7 Å². The number of rotatable bonds is 4. The summed E-state index contributed by atoms with van der Waals surface area (Å²) in [5.74, 6) is 0.171. The molecular formula is C22H25ClN2O. The molecule has 2 aliphatic heterocycles. The molecule has 2 saturated heterocycles. The minimum absolute atomic E-state index is 0.171. The van der Waals surface area contributed by atoms with Gasteiger partial charge in [0.05, 0.1) is 0 Å². The van der Waals surface area contributed by atoms with Gasteiger partial charge < -0.3 is 9.80 Å². The predicted molar refractivity (Wildman–Crippen MR) is 107 cm³/mol. The lowest BCUT2D eigenvalue weighted by molar-refractivity contribution is 0.0709. The van der Waals surface area contributed by atoms with Crippen molar-refractivity contribution in [3.63, 3.8) is 0 Å². The molecule has 2 heterocycles. The normalized spacial score (nSPS) is 20.7. The highest BCUT2D eigenvalue weighted by Gasteiger charge is 2.31. The molecule has 4 heteroatoms. The second-order valence-corrected chi connectivity index (χ2v) is 7.83. The number of carbonyl (C=O) groups excluding carboxylic acids is 1. The number of halogens is 1. The van der Waals surface area contributed by atoms with Gasteiger partial charge in [-0.1, -0.05) is 35.9 Å². The van der Waals surface area contributed by atoms with Crippen LogP contribution in [0.2, 0.25) is 5.02 Å². The number of amides is 1. The van der Waals surface area contributed by atoms with Crippen molar-refractivity contribution in [2.24, 2.45) is 0 Å². The molecule has 1 amide bonds. The molecule has 0 N–H and O–H groups in total. The van der Waals surface area contributed by atoms with Gasteiger partial charge in [-0.15, -0.1) is 0 Å². The van der Waals surface area contributed by atoms with Crippen LogP contribution in [0, 0.1) is 0 Å². The smallest absolute Gasteiger partial charge is 0.254 e. The van der Waals surface area contributed by atoms with Gasteiger partial charge in [-0.2, -0.15) is 0 Å². The Labute approximate surface area is 160 Å². The molecule has 136 valence electrons. The van der Waals surface area contributed by atoms with E-state index >= 15 is 0 Å². The highest BCUT2D eigenvalue weighted by atomic mass is 35.5. The van der Waals surface area contributed by atoms with E-state index in [4.69, 9.17) is 11.6 Å². The van der Waals surface area contributed by atoms with Crippen LogP contribution in [0.15, 0.2) is 48.5 Å². The Bertz CT molecular complexity index is 768. The summed E-state index contributed by atoms with van der Waals surface area (Å²) in [4.78, 5) is 17.6. The molecule has 3 nitrogen and oxygen atoms in total. The minimum Gasteiger partial charge on any atom is -0.334 e. The lowest BCUT2D eigenvalue weighted by atomic mass is 10.0. The molecule has 1 unspecified atom stereocenters. The summed E-state index contributed by atoms with van der Waals surface area (Å²) in [6.45, 7) is 4.29. The number of likely N-dealkylation sites (tertiary alicyclic amines) is 2. The first kappa shape index (κ1) is 17.6. The van der Waals surface area contributed by atoms with Crippen LogP contribution in [0.1, 0.15) is 36.0 Å². The fourth-order valence-electron chi connectivity index (χ4n) is 4.20. The number of hydrogen-bond acceptors (Lipinski definition) is 2. The first-order chi connectivity index (χ1) is 12.7. The average Bonchev–Trinajstić information content (AvgIpc) is 3.34. The average molecular weight is 369 g/mol. The summed E-state index contributed by atoms with van der Waals surface area (Å²) in [5, 5.41) is 0.726. The van der Waals surface area contributed by atoms with Gasteiger partial charge in [0.2, 0.25) is 0 Å². The van der Waals surface area contributed by atoms with Crippen molar-refractivity contribution in [2.75, 3.05) is 26.2 Å². The molecule has 26 heavy (non-hydrogen) atoms. The lowest BCUT2D eigenvalue weighted by Gasteiger charge is -2.28. The highest BCUT2D eigenvalue weighted by Crippen LogP contribution is 2.25. The Hall–Kier alpha value is -1.84. The van der Waals surface area contributed by atoms with Crippen LogP contribution >= 0.6 is 11.6 Å². The van der Waals surface area contributed by atoms with E-state index in [2.05, 4.69) is 9.80 Å². The van der Waals surface area contributed by atoms with Crippen LogP contribution in [0.5, 0.6) is 0 Å². The van der Waals surface area contributed by atoms with Crippen molar-refractivity contribution in [3.8, 4) is 11.1 Å². The van der Waals surface area contributed by atoms with E-state index in [-0.39, 0.29) is 5.91 Å². The largest absolute Gasteiger partial charge is 0.334 e. The molecule has 2 aromatic carbocycles.